The van der Waals surface area contributed by atoms with Crippen LogP contribution in [0.15, 0.2) is 18.5 Å². The zero-order valence-electron chi connectivity index (χ0n) is 11.3. The third-order valence-electron chi connectivity index (χ3n) is 3.14. The molecule has 0 saturated carbocycles. The molecular weight excluding hydrogens is 242 g/mol. The normalized spacial score (nSPS) is 12.8. The van der Waals surface area contributed by atoms with Crippen molar-refractivity contribution in [2.45, 2.75) is 39.7 Å². The molecule has 0 aromatic carbocycles. The van der Waals surface area contributed by atoms with Gasteiger partial charge in [-0.15, -0.1) is 11.3 Å². The average molecular weight is 263 g/mol. The summed E-state index contributed by atoms with van der Waals surface area (Å²) in [7, 11) is 0. The molecule has 0 fully saturated rings. The number of aromatic nitrogens is 2. The smallest absolute Gasteiger partial charge is 0.106 e. The van der Waals surface area contributed by atoms with Crippen LogP contribution in [0.1, 0.15) is 40.5 Å². The van der Waals surface area contributed by atoms with Crippen LogP contribution in [0.4, 0.5) is 0 Å². The van der Waals surface area contributed by atoms with Crippen LogP contribution in [0.3, 0.4) is 0 Å². The van der Waals surface area contributed by atoms with Gasteiger partial charge in [0.25, 0.3) is 0 Å². The Labute approximate surface area is 113 Å². The number of aryl methyl sites for hydroxylation is 3. The Morgan fingerprint density at radius 2 is 2.28 bits per heavy atom. The van der Waals surface area contributed by atoms with Crippen molar-refractivity contribution in [2.24, 2.45) is 0 Å². The molecule has 0 radical (unpaired) electrons. The van der Waals surface area contributed by atoms with Crippen molar-refractivity contribution >= 4 is 11.3 Å². The molecule has 2 rings (SSSR count). The van der Waals surface area contributed by atoms with E-state index in [4.69, 9.17) is 0 Å². The summed E-state index contributed by atoms with van der Waals surface area (Å²) >= 11 is 1.88. The molecule has 2 heterocycles. The van der Waals surface area contributed by atoms with Crippen molar-refractivity contribution in [3.05, 3.63) is 39.6 Å². The summed E-state index contributed by atoms with van der Waals surface area (Å²) in [4.78, 5) is 10.2. The molecule has 1 atom stereocenters. The lowest BCUT2D eigenvalue weighted by molar-refractivity contribution is 0.554. The largest absolute Gasteiger partial charge is 0.349 e. The van der Waals surface area contributed by atoms with Gasteiger partial charge in [0, 0.05) is 34.6 Å². The predicted molar refractivity (Wildman–Crippen MR) is 77.1 cm³/mol. The Kier molecular flexibility index (Phi) is 4.55. The first kappa shape index (κ1) is 13.3. The highest BCUT2D eigenvalue weighted by Gasteiger charge is 2.10. The molecule has 98 valence electrons. The quantitative estimate of drug-likeness (QED) is 0.785. The molecule has 2 aromatic heterocycles. The molecule has 0 aliphatic heterocycles. The zero-order valence-corrected chi connectivity index (χ0v) is 12.1. The van der Waals surface area contributed by atoms with Crippen molar-refractivity contribution in [3.63, 3.8) is 0 Å². The minimum absolute atomic E-state index is 0.437. The van der Waals surface area contributed by atoms with Gasteiger partial charge in [0.15, 0.2) is 0 Å². The van der Waals surface area contributed by atoms with Gasteiger partial charge in [0.2, 0.25) is 0 Å². The van der Waals surface area contributed by atoms with Gasteiger partial charge in [-0.2, -0.15) is 0 Å². The predicted octanol–water partition coefficient (Wildman–Crippen LogP) is 3.37. The summed E-state index contributed by atoms with van der Waals surface area (Å²) in [5.74, 6) is 1.08. The lowest BCUT2D eigenvalue weighted by Gasteiger charge is -2.13. The molecule has 2 N–H and O–H groups in total. The minimum atomic E-state index is 0.437. The number of nitrogens with one attached hydrogen (secondary N) is 2. The minimum Gasteiger partial charge on any atom is -0.349 e. The van der Waals surface area contributed by atoms with Gasteiger partial charge in [-0.3, -0.25) is 0 Å². The second-order valence-electron chi connectivity index (χ2n) is 4.68. The molecule has 0 amide bonds. The average Bonchev–Trinajstić information content (AvgIpc) is 2.94. The molecule has 18 heavy (non-hydrogen) atoms. The fraction of sp³-hybridized carbons (Fsp3) is 0.500. The number of hydrogen-bond acceptors (Lipinski definition) is 3. The van der Waals surface area contributed by atoms with E-state index < -0.39 is 0 Å². The molecule has 0 aliphatic rings. The highest BCUT2D eigenvalue weighted by atomic mass is 32.1. The van der Waals surface area contributed by atoms with Crippen LogP contribution in [0.2, 0.25) is 0 Å². The first-order valence-corrected chi connectivity index (χ1v) is 7.27. The molecule has 3 nitrogen and oxygen atoms in total. The van der Waals surface area contributed by atoms with Crippen LogP contribution in [0.25, 0.3) is 0 Å². The van der Waals surface area contributed by atoms with Crippen LogP contribution >= 0.6 is 11.3 Å². The van der Waals surface area contributed by atoms with E-state index >= 15 is 0 Å². The number of nitrogens with zero attached hydrogens (tertiary/aromatic N) is 1. The number of hydrogen-bond donors (Lipinski definition) is 2. The van der Waals surface area contributed by atoms with Gasteiger partial charge in [0.05, 0.1) is 0 Å². The Hall–Kier alpha value is -1.13. The van der Waals surface area contributed by atoms with Gasteiger partial charge in [-0.05, 0) is 45.4 Å². The van der Waals surface area contributed by atoms with Gasteiger partial charge >= 0.3 is 0 Å². The number of imidazole rings is 1. The van der Waals surface area contributed by atoms with Crippen LogP contribution in [0, 0.1) is 13.8 Å². The van der Waals surface area contributed by atoms with E-state index in [1.807, 2.05) is 23.7 Å². The summed E-state index contributed by atoms with van der Waals surface area (Å²) < 4.78 is 0. The van der Waals surface area contributed by atoms with Crippen LogP contribution in [-0.4, -0.2) is 16.5 Å². The lowest BCUT2D eigenvalue weighted by atomic mass is 10.1. The van der Waals surface area contributed by atoms with Crippen LogP contribution in [0.5, 0.6) is 0 Å². The number of thiophene rings is 1. The van der Waals surface area contributed by atoms with E-state index in [-0.39, 0.29) is 0 Å². The molecule has 4 heteroatoms. The van der Waals surface area contributed by atoms with E-state index in [1.165, 1.54) is 15.3 Å². The first-order valence-electron chi connectivity index (χ1n) is 6.45. The number of H-pyrrole nitrogens is 1. The third-order valence-corrected chi connectivity index (χ3v) is 4.12. The molecule has 1 unspecified atom stereocenters. The van der Waals surface area contributed by atoms with E-state index in [0.717, 1.165) is 25.2 Å². The third kappa shape index (κ3) is 3.43. The van der Waals surface area contributed by atoms with E-state index in [1.54, 1.807) is 0 Å². The lowest BCUT2D eigenvalue weighted by Crippen LogP contribution is -2.20. The summed E-state index contributed by atoms with van der Waals surface area (Å²) in [6, 6.07) is 2.73. The van der Waals surface area contributed by atoms with Crippen molar-refractivity contribution < 1.29 is 0 Å². The summed E-state index contributed by atoms with van der Waals surface area (Å²) in [5, 5.41) is 3.58. The fourth-order valence-electron chi connectivity index (χ4n) is 2.20. The summed E-state index contributed by atoms with van der Waals surface area (Å²) in [5.41, 5.74) is 1.44. The van der Waals surface area contributed by atoms with Gasteiger partial charge in [-0.1, -0.05) is 0 Å². The summed E-state index contributed by atoms with van der Waals surface area (Å²) in [6.45, 7) is 7.64. The number of rotatable bonds is 6. The Balaban J connectivity index is 1.75. The Morgan fingerprint density at radius 3 is 2.89 bits per heavy atom. The summed E-state index contributed by atoms with van der Waals surface area (Å²) in [6.07, 6.45) is 5.81. The van der Waals surface area contributed by atoms with E-state index in [0.29, 0.717) is 6.04 Å². The monoisotopic (exact) mass is 263 g/mol. The van der Waals surface area contributed by atoms with Gasteiger partial charge in [-0.25, -0.2) is 4.98 Å². The maximum absolute atomic E-state index is 4.23. The van der Waals surface area contributed by atoms with Crippen molar-refractivity contribution in [3.8, 4) is 0 Å². The van der Waals surface area contributed by atoms with E-state index in [9.17, 15) is 0 Å². The second-order valence-corrected chi connectivity index (χ2v) is 6.14. The Morgan fingerprint density at radius 1 is 1.44 bits per heavy atom. The molecule has 2 aromatic rings. The molecule has 0 spiro atoms. The highest BCUT2D eigenvalue weighted by molar-refractivity contribution is 7.12. The van der Waals surface area contributed by atoms with Crippen molar-refractivity contribution in [1.29, 1.82) is 0 Å². The maximum Gasteiger partial charge on any atom is 0.106 e. The topological polar surface area (TPSA) is 40.7 Å². The van der Waals surface area contributed by atoms with Crippen LogP contribution in [-0.2, 0) is 6.42 Å². The number of aromatic amines is 1. The second kappa shape index (κ2) is 6.16. The zero-order chi connectivity index (χ0) is 13.0. The van der Waals surface area contributed by atoms with Crippen LogP contribution < -0.4 is 5.32 Å². The highest BCUT2D eigenvalue weighted by Crippen LogP contribution is 2.25. The van der Waals surface area contributed by atoms with Gasteiger partial charge < -0.3 is 10.3 Å². The molecular formula is C14H21N3S. The fourth-order valence-corrected chi connectivity index (χ4v) is 3.22. The first-order chi connectivity index (χ1) is 8.66. The van der Waals surface area contributed by atoms with Crippen molar-refractivity contribution in [1.82, 2.24) is 15.3 Å². The van der Waals surface area contributed by atoms with Gasteiger partial charge in [0.1, 0.15) is 5.82 Å². The standard InChI is InChI=1S/C14H21N3S/c1-10-9-13(12(3)18-10)11(2)15-6-4-5-14-16-7-8-17-14/h7-9,11,15H,4-6H2,1-3H3,(H,16,17). The van der Waals surface area contributed by atoms with Crippen molar-refractivity contribution in [2.75, 3.05) is 6.54 Å². The molecule has 0 bridgehead atoms. The van der Waals surface area contributed by atoms with E-state index in [2.05, 4.69) is 42.1 Å². The SMILES string of the molecule is Cc1cc(C(C)NCCCc2ncc[nH]2)c(C)s1. The maximum atomic E-state index is 4.23. The Bertz CT molecular complexity index is 473. The molecule has 0 saturated heterocycles. The molecule has 0 aliphatic carbocycles.